The van der Waals surface area contributed by atoms with E-state index in [1.54, 1.807) is 0 Å². The van der Waals surface area contributed by atoms with Crippen LogP contribution in [0, 0.1) is 35.0 Å². The average Bonchev–Trinajstić information content (AvgIpc) is 3.29. The zero-order chi connectivity index (χ0) is 16.4. The van der Waals surface area contributed by atoms with Crippen molar-refractivity contribution in [3.63, 3.8) is 0 Å². The van der Waals surface area contributed by atoms with Crippen LogP contribution in [-0.4, -0.2) is 47.9 Å². The van der Waals surface area contributed by atoms with Crippen molar-refractivity contribution in [3.05, 3.63) is 0 Å². The third-order valence-electron chi connectivity index (χ3n) is 6.49. The second-order valence-corrected chi connectivity index (χ2v) is 8.08. The van der Waals surface area contributed by atoms with Gasteiger partial charge in [-0.2, -0.15) is 5.26 Å². The lowest BCUT2D eigenvalue weighted by Crippen LogP contribution is -2.48. The number of nitrogens with zero attached hydrogens (tertiary/aromatic N) is 2. The number of piperidine rings is 1. The maximum atomic E-state index is 12.6. The normalized spacial score (nSPS) is 41.1. The monoisotopic (exact) mass is 316 g/mol. The first-order valence-corrected chi connectivity index (χ1v) is 8.66. The number of rotatable bonds is 4. The Bertz CT molecular complexity index is 594. The Morgan fingerprint density at radius 2 is 2.30 bits per heavy atom. The summed E-state index contributed by atoms with van der Waals surface area (Å²) < 4.78 is 0. The molecule has 2 saturated heterocycles. The fraction of sp³-hybridized carbons (Fsp3) is 0.824. The van der Waals surface area contributed by atoms with E-state index in [-0.39, 0.29) is 29.3 Å². The van der Waals surface area contributed by atoms with Gasteiger partial charge >= 0.3 is 0 Å². The lowest BCUT2D eigenvalue weighted by atomic mass is 9.95. The van der Waals surface area contributed by atoms with Gasteiger partial charge in [0.2, 0.25) is 11.8 Å². The van der Waals surface area contributed by atoms with Crippen molar-refractivity contribution in [2.75, 3.05) is 13.6 Å². The van der Waals surface area contributed by atoms with Crippen LogP contribution in [0.4, 0.5) is 0 Å². The summed E-state index contributed by atoms with van der Waals surface area (Å²) in [5, 5.41) is 15.3. The van der Waals surface area contributed by atoms with Crippen molar-refractivity contribution in [2.45, 2.75) is 50.2 Å². The SMILES string of the molecule is CC1[C@H]2[C@@H]1CN(C)[C@@H]2C(=O)N[C@H](C#N)C[C@@H]1CC2(CC2)NC1=O. The summed E-state index contributed by atoms with van der Waals surface area (Å²) in [5.41, 5.74) is 0.0219. The Kier molecular flexibility index (Phi) is 3.21. The first-order valence-electron chi connectivity index (χ1n) is 8.66. The number of amides is 2. The first-order chi connectivity index (χ1) is 10.9. The van der Waals surface area contributed by atoms with E-state index in [2.05, 4.69) is 28.5 Å². The number of carbonyl (C=O) groups is 2. The highest BCUT2D eigenvalue weighted by Crippen LogP contribution is 2.54. The Labute approximate surface area is 136 Å². The number of hydrogen-bond donors (Lipinski definition) is 2. The molecule has 6 heteroatoms. The van der Waals surface area contributed by atoms with Gasteiger partial charge in [0.05, 0.1) is 12.1 Å². The number of nitriles is 1. The minimum Gasteiger partial charge on any atom is -0.350 e. The van der Waals surface area contributed by atoms with Crippen LogP contribution in [0.15, 0.2) is 0 Å². The molecule has 6 nitrogen and oxygen atoms in total. The zero-order valence-electron chi connectivity index (χ0n) is 13.7. The van der Waals surface area contributed by atoms with Gasteiger partial charge < -0.3 is 10.6 Å². The summed E-state index contributed by atoms with van der Waals surface area (Å²) in [7, 11) is 1.98. The molecule has 23 heavy (non-hydrogen) atoms. The van der Waals surface area contributed by atoms with Gasteiger partial charge in [0.15, 0.2) is 0 Å². The Hall–Kier alpha value is -1.61. The maximum Gasteiger partial charge on any atom is 0.238 e. The van der Waals surface area contributed by atoms with Gasteiger partial charge in [0.25, 0.3) is 0 Å². The van der Waals surface area contributed by atoms with Gasteiger partial charge in [-0.05, 0) is 50.5 Å². The molecule has 2 aliphatic heterocycles. The number of likely N-dealkylation sites (tertiary alicyclic amines) is 1. The van der Waals surface area contributed by atoms with Gasteiger partial charge in [0, 0.05) is 18.0 Å². The minimum atomic E-state index is -0.575. The quantitative estimate of drug-likeness (QED) is 0.778. The third kappa shape index (κ3) is 2.42. The molecular formula is C17H24N4O2. The molecule has 0 bridgehead atoms. The van der Waals surface area contributed by atoms with Crippen LogP contribution >= 0.6 is 0 Å². The fourth-order valence-electron chi connectivity index (χ4n) is 4.84. The average molecular weight is 316 g/mol. The van der Waals surface area contributed by atoms with E-state index >= 15 is 0 Å². The summed E-state index contributed by atoms with van der Waals surface area (Å²) in [6.07, 6.45) is 3.33. The lowest BCUT2D eigenvalue weighted by Gasteiger charge is -2.25. The molecule has 0 aromatic rings. The lowest BCUT2D eigenvalue weighted by molar-refractivity contribution is -0.127. The van der Waals surface area contributed by atoms with E-state index in [1.807, 2.05) is 7.05 Å². The van der Waals surface area contributed by atoms with Gasteiger partial charge in [-0.1, -0.05) is 6.92 Å². The summed E-state index contributed by atoms with van der Waals surface area (Å²) in [5.74, 6) is 1.53. The molecule has 4 rings (SSSR count). The molecular weight excluding hydrogens is 292 g/mol. The largest absolute Gasteiger partial charge is 0.350 e. The van der Waals surface area contributed by atoms with Crippen LogP contribution in [-0.2, 0) is 9.59 Å². The molecule has 2 aliphatic carbocycles. The number of hydrogen-bond acceptors (Lipinski definition) is 4. The fourth-order valence-corrected chi connectivity index (χ4v) is 4.84. The van der Waals surface area contributed by atoms with Gasteiger partial charge in [0.1, 0.15) is 6.04 Å². The molecule has 0 aromatic carbocycles. The van der Waals surface area contributed by atoms with Crippen LogP contribution in [0.5, 0.6) is 0 Å². The van der Waals surface area contributed by atoms with Crippen molar-refractivity contribution in [1.82, 2.24) is 15.5 Å². The predicted molar refractivity (Wildman–Crippen MR) is 82.9 cm³/mol. The highest BCUT2D eigenvalue weighted by Gasteiger charge is 2.60. The molecule has 4 fully saturated rings. The van der Waals surface area contributed by atoms with Crippen molar-refractivity contribution in [1.29, 1.82) is 5.26 Å². The van der Waals surface area contributed by atoms with Crippen LogP contribution in [0.3, 0.4) is 0 Å². The van der Waals surface area contributed by atoms with Crippen LogP contribution in [0.2, 0.25) is 0 Å². The smallest absolute Gasteiger partial charge is 0.238 e. The highest BCUT2D eigenvalue weighted by atomic mass is 16.2. The molecule has 0 radical (unpaired) electrons. The molecule has 2 heterocycles. The van der Waals surface area contributed by atoms with Gasteiger partial charge in [-0.15, -0.1) is 0 Å². The van der Waals surface area contributed by atoms with Crippen molar-refractivity contribution >= 4 is 11.8 Å². The molecule has 1 unspecified atom stereocenters. The van der Waals surface area contributed by atoms with Crippen molar-refractivity contribution in [2.24, 2.45) is 23.7 Å². The Morgan fingerprint density at radius 1 is 1.57 bits per heavy atom. The van der Waals surface area contributed by atoms with Crippen molar-refractivity contribution in [3.8, 4) is 6.07 Å². The van der Waals surface area contributed by atoms with Crippen LogP contribution in [0.25, 0.3) is 0 Å². The molecule has 124 valence electrons. The van der Waals surface area contributed by atoms with Gasteiger partial charge in [-0.25, -0.2) is 0 Å². The van der Waals surface area contributed by atoms with E-state index in [0.29, 0.717) is 24.2 Å². The number of carbonyl (C=O) groups excluding carboxylic acids is 2. The summed E-state index contributed by atoms with van der Waals surface area (Å²) >= 11 is 0. The summed E-state index contributed by atoms with van der Waals surface area (Å²) in [6, 6.07) is 1.49. The van der Waals surface area contributed by atoms with E-state index in [4.69, 9.17) is 0 Å². The molecule has 6 atom stereocenters. The van der Waals surface area contributed by atoms with Crippen LogP contribution in [0.1, 0.15) is 32.6 Å². The van der Waals surface area contributed by atoms with E-state index in [0.717, 1.165) is 25.8 Å². The molecule has 0 aromatic heterocycles. The standard InChI is InChI=1S/C17H24N4O2/c1-9-12-8-21(2)14(13(9)12)16(23)19-11(7-18)5-10-6-17(3-4-17)20-15(10)22/h9-14H,3-6,8H2,1-2H3,(H,19,23)(H,20,22)/t9?,10-,11+,12-,13+,14+/m1/s1. The van der Waals surface area contributed by atoms with E-state index in [1.165, 1.54) is 0 Å². The number of nitrogens with one attached hydrogen (secondary N) is 2. The summed E-state index contributed by atoms with van der Waals surface area (Å²) in [6.45, 7) is 3.16. The minimum absolute atomic E-state index is 0.0219. The third-order valence-corrected chi connectivity index (χ3v) is 6.49. The Morgan fingerprint density at radius 3 is 2.87 bits per heavy atom. The second kappa shape index (κ2) is 4.94. The molecule has 1 spiro atoms. The molecule has 4 aliphatic rings. The first kappa shape index (κ1) is 14.9. The summed E-state index contributed by atoms with van der Waals surface area (Å²) in [4.78, 5) is 26.7. The topological polar surface area (TPSA) is 85.2 Å². The van der Waals surface area contributed by atoms with Crippen molar-refractivity contribution < 1.29 is 9.59 Å². The maximum absolute atomic E-state index is 12.6. The number of fused-ring (bicyclic) bond motifs is 1. The molecule has 2 amide bonds. The number of likely N-dealkylation sites (N-methyl/N-ethyl adjacent to an activating group) is 1. The molecule has 2 saturated carbocycles. The Balaban J connectivity index is 1.36. The zero-order valence-corrected chi connectivity index (χ0v) is 13.7. The highest BCUT2D eigenvalue weighted by molar-refractivity contribution is 5.85. The van der Waals surface area contributed by atoms with E-state index in [9.17, 15) is 14.9 Å². The van der Waals surface area contributed by atoms with Crippen LogP contribution < -0.4 is 10.6 Å². The predicted octanol–water partition coefficient (Wildman–Crippen LogP) is 0.250. The second-order valence-electron chi connectivity index (χ2n) is 8.08. The molecule has 2 N–H and O–H groups in total. The van der Waals surface area contributed by atoms with E-state index < -0.39 is 6.04 Å². The van der Waals surface area contributed by atoms with Gasteiger partial charge in [-0.3, -0.25) is 14.5 Å².